The van der Waals surface area contributed by atoms with E-state index in [0.29, 0.717) is 5.92 Å². The fourth-order valence-electron chi connectivity index (χ4n) is 2.96. The fraction of sp³-hybridized carbons (Fsp3) is 0.647. The molecule has 2 nitrogen and oxygen atoms in total. The summed E-state index contributed by atoms with van der Waals surface area (Å²) < 4.78 is 0. The average molecular weight is 258 g/mol. The highest BCUT2D eigenvalue weighted by Crippen LogP contribution is 2.25. The highest BCUT2D eigenvalue weighted by atomic mass is 15.2. The monoisotopic (exact) mass is 258 g/mol. The molecule has 104 valence electrons. The number of benzene rings is 1. The van der Waals surface area contributed by atoms with Gasteiger partial charge in [-0.15, -0.1) is 0 Å². The summed E-state index contributed by atoms with van der Waals surface area (Å²) in [6, 6.07) is 10.8. The standard InChI is InChI=1S/C17H26N2/c1-13(2)14-3-7-17(8-4-14)19-11-9-16(10-12-19)18-15-5-6-15/h3-4,7-8,13,15-16,18H,5-6,9-12H2,1-2H3. The molecule has 1 saturated carbocycles. The fourth-order valence-corrected chi connectivity index (χ4v) is 2.96. The zero-order valence-corrected chi connectivity index (χ0v) is 12.2. The van der Waals surface area contributed by atoms with Crippen LogP contribution in [0.15, 0.2) is 24.3 Å². The van der Waals surface area contributed by atoms with Gasteiger partial charge in [-0.25, -0.2) is 0 Å². The van der Waals surface area contributed by atoms with Gasteiger partial charge in [0.25, 0.3) is 0 Å². The summed E-state index contributed by atoms with van der Waals surface area (Å²) in [4.78, 5) is 2.54. The van der Waals surface area contributed by atoms with Crippen LogP contribution in [0.2, 0.25) is 0 Å². The van der Waals surface area contributed by atoms with E-state index in [2.05, 4.69) is 48.3 Å². The van der Waals surface area contributed by atoms with Gasteiger partial charge < -0.3 is 10.2 Å². The zero-order chi connectivity index (χ0) is 13.2. The van der Waals surface area contributed by atoms with Crippen molar-refractivity contribution in [3.05, 3.63) is 29.8 Å². The molecule has 0 bridgehead atoms. The van der Waals surface area contributed by atoms with Crippen molar-refractivity contribution in [2.24, 2.45) is 0 Å². The third kappa shape index (κ3) is 3.30. The molecule has 3 rings (SSSR count). The summed E-state index contributed by atoms with van der Waals surface area (Å²) in [5.74, 6) is 0.627. The Morgan fingerprint density at radius 2 is 1.53 bits per heavy atom. The first kappa shape index (κ1) is 13.0. The van der Waals surface area contributed by atoms with Crippen LogP contribution in [0.25, 0.3) is 0 Å². The van der Waals surface area contributed by atoms with Crippen LogP contribution in [0.4, 0.5) is 5.69 Å². The van der Waals surface area contributed by atoms with E-state index in [0.717, 1.165) is 12.1 Å². The topological polar surface area (TPSA) is 15.3 Å². The van der Waals surface area contributed by atoms with E-state index in [1.807, 2.05) is 0 Å². The molecule has 1 aromatic carbocycles. The number of nitrogens with one attached hydrogen (secondary N) is 1. The van der Waals surface area contributed by atoms with Crippen molar-refractivity contribution in [2.75, 3.05) is 18.0 Å². The van der Waals surface area contributed by atoms with Crippen LogP contribution >= 0.6 is 0 Å². The average Bonchev–Trinajstić information content (AvgIpc) is 3.24. The van der Waals surface area contributed by atoms with Gasteiger partial charge in [-0.05, 0) is 49.3 Å². The van der Waals surface area contributed by atoms with E-state index in [1.165, 1.54) is 50.0 Å². The molecular formula is C17H26N2. The molecule has 1 aliphatic heterocycles. The van der Waals surface area contributed by atoms with Crippen LogP contribution in [0, 0.1) is 0 Å². The smallest absolute Gasteiger partial charge is 0.0366 e. The van der Waals surface area contributed by atoms with Gasteiger partial charge in [0, 0.05) is 30.9 Å². The van der Waals surface area contributed by atoms with Gasteiger partial charge in [-0.1, -0.05) is 26.0 Å². The Bertz CT molecular complexity index is 398. The lowest BCUT2D eigenvalue weighted by Crippen LogP contribution is -2.43. The van der Waals surface area contributed by atoms with Gasteiger partial charge in [0.05, 0.1) is 0 Å². The predicted octanol–water partition coefficient (Wildman–Crippen LogP) is 3.53. The van der Waals surface area contributed by atoms with E-state index in [9.17, 15) is 0 Å². The molecule has 0 atom stereocenters. The minimum absolute atomic E-state index is 0.627. The second-order valence-corrected chi connectivity index (χ2v) is 6.45. The molecule has 1 aliphatic carbocycles. The highest BCUT2D eigenvalue weighted by molar-refractivity contribution is 5.48. The third-order valence-corrected chi connectivity index (χ3v) is 4.47. The molecule has 0 aromatic heterocycles. The number of hydrogen-bond donors (Lipinski definition) is 1. The number of piperidine rings is 1. The van der Waals surface area contributed by atoms with Crippen molar-refractivity contribution < 1.29 is 0 Å². The molecule has 1 N–H and O–H groups in total. The summed E-state index contributed by atoms with van der Waals surface area (Å²) in [5, 5.41) is 3.76. The quantitative estimate of drug-likeness (QED) is 0.889. The zero-order valence-electron chi connectivity index (χ0n) is 12.2. The summed E-state index contributed by atoms with van der Waals surface area (Å²) in [6.07, 6.45) is 5.39. The summed E-state index contributed by atoms with van der Waals surface area (Å²) in [6.45, 7) is 6.91. The lowest BCUT2D eigenvalue weighted by atomic mass is 10.0. The Hall–Kier alpha value is -1.02. The van der Waals surface area contributed by atoms with Crippen molar-refractivity contribution in [3.63, 3.8) is 0 Å². The molecule has 0 radical (unpaired) electrons. The van der Waals surface area contributed by atoms with Crippen molar-refractivity contribution in [2.45, 2.75) is 57.5 Å². The molecule has 1 heterocycles. The molecule has 2 fully saturated rings. The van der Waals surface area contributed by atoms with Crippen molar-refractivity contribution in [1.29, 1.82) is 0 Å². The Morgan fingerprint density at radius 3 is 2.05 bits per heavy atom. The maximum Gasteiger partial charge on any atom is 0.0366 e. The SMILES string of the molecule is CC(C)c1ccc(N2CCC(NC3CC3)CC2)cc1. The lowest BCUT2D eigenvalue weighted by Gasteiger charge is -2.34. The highest BCUT2D eigenvalue weighted by Gasteiger charge is 2.27. The van der Waals surface area contributed by atoms with Crippen LogP contribution < -0.4 is 10.2 Å². The van der Waals surface area contributed by atoms with E-state index >= 15 is 0 Å². The van der Waals surface area contributed by atoms with Crippen molar-refractivity contribution in [1.82, 2.24) is 5.32 Å². The number of anilines is 1. The van der Waals surface area contributed by atoms with E-state index in [1.54, 1.807) is 0 Å². The van der Waals surface area contributed by atoms with Gasteiger partial charge in [-0.3, -0.25) is 0 Å². The first-order valence-corrected chi connectivity index (χ1v) is 7.83. The Balaban J connectivity index is 1.55. The molecule has 0 spiro atoms. The van der Waals surface area contributed by atoms with Crippen LogP contribution in [-0.4, -0.2) is 25.2 Å². The Morgan fingerprint density at radius 1 is 0.947 bits per heavy atom. The van der Waals surface area contributed by atoms with Gasteiger partial charge in [0.15, 0.2) is 0 Å². The van der Waals surface area contributed by atoms with Gasteiger partial charge in [-0.2, -0.15) is 0 Å². The van der Waals surface area contributed by atoms with Crippen LogP contribution in [0.3, 0.4) is 0 Å². The molecular weight excluding hydrogens is 232 g/mol. The molecule has 1 saturated heterocycles. The Kier molecular flexibility index (Phi) is 3.79. The number of hydrogen-bond acceptors (Lipinski definition) is 2. The maximum atomic E-state index is 3.76. The summed E-state index contributed by atoms with van der Waals surface area (Å²) >= 11 is 0. The molecule has 2 heteroatoms. The van der Waals surface area contributed by atoms with Gasteiger partial charge in [0.2, 0.25) is 0 Å². The second-order valence-electron chi connectivity index (χ2n) is 6.45. The maximum absolute atomic E-state index is 3.76. The lowest BCUT2D eigenvalue weighted by molar-refractivity contribution is 0.413. The van der Waals surface area contributed by atoms with E-state index in [4.69, 9.17) is 0 Å². The summed E-state index contributed by atoms with van der Waals surface area (Å²) in [7, 11) is 0. The van der Waals surface area contributed by atoms with E-state index in [-0.39, 0.29) is 0 Å². The largest absolute Gasteiger partial charge is 0.371 e. The predicted molar refractivity (Wildman–Crippen MR) is 81.9 cm³/mol. The Labute approximate surface area is 117 Å². The van der Waals surface area contributed by atoms with Crippen LogP contribution in [0.5, 0.6) is 0 Å². The van der Waals surface area contributed by atoms with Gasteiger partial charge >= 0.3 is 0 Å². The second kappa shape index (κ2) is 5.54. The first-order chi connectivity index (χ1) is 9.22. The molecule has 2 aliphatic rings. The summed E-state index contributed by atoms with van der Waals surface area (Å²) in [5.41, 5.74) is 2.84. The number of nitrogens with zero attached hydrogens (tertiary/aromatic N) is 1. The first-order valence-electron chi connectivity index (χ1n) is 7.83. The minimum Gasteiger partial charge on any atom is -0.371 e. The molecule has 19 heavy (non-hydrogen) atoms. The van der Waals surface area contributed by atoms with Crippen LogP contribution in [-0.2, 0) is 0 Å². The normalized spacial score (nSPS) is 21.1. The van der Waals surface area contributed by atoms with Gasteiger partial charge in [0.1, 0.15) is 0 Å². The molecule has 0 unspecified atom stereocenters. The van der Waals surface area contributed by atoms with E-state index < -0.39 is 0 Å². The molecule has 1 aromatic rings. The number of rotatable bonds is 4. The van der Waals surface area contributed by atoms with Crippen molar-refractivity contribution >= 4 is 5.69 Å². The third-order valence-electron chi connectivity index (χ3n) is 4.47. The van der Waals surface area contributed by atoms with Crippen LogP contribution in [0.1, 0.15) is 51.0 Å². The minimum atomic E-state index is 0.627. The molecule has 0 amide bonds. The van der Waals surface area contributed by atoms with Crippen molar-refractivity contribution in [3.8, 4) is 0 Å².